The summed E-state index contributed by atoms with van der Waals surface area (Å²) in [6, 6.07) is 21.9. The van der Waals surface area contributed by atoms with Gasteiger partial charge in [0.15, 0.2) is 0 Å². The van der Waals surface area contributed by atoms with E-state index < -0.39 is 6.09 Å². The zero-order valence-electron chi connectivity index (χ0n) is 17.6. The van der Waals surface area contributed by atoms with Gasteiger partial charge in [-0.15, -0.1) is 0 Å². The summed E-state index contributed by atoms with van der Waals surface area (Å²) in [5, 5.41) is 14.0. The number of nitriles is 1. The molecule has 3 aromatic carbocycles. The predicted molar refractivity (Wildman–Crippen MR) is 125 cm³/mol. The van der Waals surface area contributed by atoms with Crippen LogP contribution in [0.25, 0.3) is 22.2 Å². The van der Waals surface area contributed by atoms with Gasteiger partial charge in [0.1, 0.15) is 17.6 Å². The van der Waals surface area contributed by atoms with Crippen molar-refractivity contribution in [3.05, 3.63) is 77.3 Å². The number of benzene rings is 3. The summed E-state index contributed by atoms with van der Waals surface area (Å²) in [6.45, 7) is 2.72. The van der Waals surface area contributed by atoms with Crippen molar-refractivity contribution in [1.82, 2.24) is 4.57 Å². The first-order chi connectivity index (χ1) is 15.5. The van der Waals surface area contributed by atoms with Crippen molar-refractivity contribution in [1.29, 1.82) is 5.26 Å². The number of fused-ring (bicyclic) bond motifs is 1. The number of hydrogen-bond donors (Lipinski definition) is 1. The van der Waals surface area contributed by atoms with Crippen LogP contribution >= 0.6 is 11.6 Å². The molecule has 0 aliphatic carbocycles. The molecular weight excluding hydrogens is 426 g/mol. The number of ether oxygens (including phenoxy) is 2. The Morgan fingerprint density at radius 1 is 1.06 bits per heavy atom. The lowest BCUT2D eigenvalue weighted by molar-refractivity contribution is 0.215. The summed E-state index contributed by atoms with van der Waals surface area (Å²) >= 11 is 5.84. The van der Waals surface area contributed by atoms with Crippen molar-refractivity contribution in [3.63, 3.8) is 0 Å². The summed E-state index contributed by atoms with van der Waals surface area (Å²) in [4.78, 5) is 12.2. The maximum Gasteiger partial charge on any atom is 0.417 e. The fraction of sp³-hybridized carbons (Fsp3) is 0.120. The second kappa shape index (κ2) is 9.04. The van der Waals surface area contributed by atoms with Gasteiger partial charge >= 0.3 is 6.09 Å². The van der Waals surface area contributed by atoms with E-state index >= 15 is 0 Å². The number of rotatable bonds is 5. The van der Waals surface area contributed by atoms with Crippen LogP contribution < -0.4 is 14.8 Å². The van der Waals surface area contributed by atoms with Gasteiger partial charge in [-0.25, -0.2) is 4.79 Å². The van der Waals surface area contributed by atoms with Crippen LogP contribution in [-0.2, 0) is 6.54 Å². The molecule has 0 aliphatic rings. The Morgan fingerprint density at radius 2 is 1.75 bits per heavy atom. The molecule has 0 bridgehead atoms. The molecular formula is C25H20ClN3O3. The largest absolute Gasteiger partial charge is 0.497 e. The van der Waals surface area contributed by atoms with Gasteiger partial charge in [0.25, 0.3) is 0 Å². The monoisotopic (exact) mass is 445 g/mol. The molecule has 7 heteroatoms. The van der Waals surface area contributed by atoms with Gasteiger partial charge in [-0.3, -0.25) is 5.32 Å². The van der Waals surface area contributed by atoms with Crippen LogP contribution in [0.2, 0.25) is 5.02 Å². The van der Waals surface area contributed by atoms with Crippen LogP contribution in [0.15, 0.2) is 66.7 Å². The van der Waals surface area contributed by atoms with Crippen LogP contribution in [0.4, 0.5) is 10.5 Å². The lowest BCUT2D eigenvalue weighted by atomic mass is 10.1. The Hall–Kier alpha value is -3.95. The minimum Gasteiger partial charge on any atom is -0.497 e. The average molecular weight is 446 g/mol. The fourth-order valence-corrected chi connectivity index (χ4v) is 3.79. The van der Waals surface area contributed by atoms with Crippen LogP contribution in [0.3, 0.4) is 0 Å². The van der Waals surface area contributed by atoms with E-state index in [9.17, 15) is 10.1 Å². The molecule has 0 unspecified atom stereocenters. The van der Waals surface area contributed by atoms with Gasteiger partial charge in [0.2, 0.25) is 0 Å². The number of nitrogens with one attached hydrogen (secondary N) is 1. The summed E-state index contributed by atoms with van der Waals surface area (Å²) < 4.78 is 12.7. The molecule has 4 rings (SSSR count). The van der Waals surface area contributed by atoms with Gasteiger partial charge < -0.3 is 14.0 Å². The number of amides is 1. The summed E-state index contributed by atoms with van der Waals surface area (Å²) in [5.41, 5.74) is 3.82. The second-order valence-corrected chi connectivity index (χ2v) is 7.44. The zero-order valence-corrected chi connectivity index (χ0v) is 18.3. The molecule has 0 radical (unpaired) electrons. The Kier molecular flexibility index (Phi) is 6.02. The first-order valence-electron chi connectivity index (χ1n) is 9.99. The van der Waals surface area contributed by atoms with Crippen molar-refractivity contribution < 1.29 is 14.3 Å². The maximum absolute atomic E-state index is 12.2. The van der Waals surface area contributed by atoms with E-state index in [1.807, 2.05) is 37.3 Å². The number of nitrogens with zero attached hydrogens (tertiary/aromatic N) is 2. The van der Waals surface area contributed by atoms with Crippen molar-refractivity contribution in [2.24, 2.45) is 0 Å². The molecule has 0 aliphatic heterocycles. The third kappa shape index (κ3) is 4.11. The maximum atomic E-state index is 12.2. The minimum absolute atomic E-state index is 0.394. The number of carbonyl (C=O) groups excluding carboxylic acids is 1. The Bertz CT molecular complexity index is 1320. The second-order valence-electron chi connectivity index (χ2n) is 7.01. The first kappa shape index (κ1) is 21.3. The van der Waals surface area contributed by atoms with Crippen LogP contribution in [0.5, 0.6) is 11.5 Å². The van der Waals surface area contributed by atoms with E-state index in [4.69, 9.17) is 21.1 Å². The molecule has 0 fully saturated rings. The van der Waals surface area contributed by atoms with E-state index in [2.05, 4.69) is 16.0 Å². The van der Waals surface area contributed by atoms with E-state index in [0.717, 1.165) is 27.9 Å². The van der Waals surface area contributed by atoms with Gasteiger partial charge in [0, 0.05) is 28.7 Å². The van der Waals surface area contributed by atoms with Crippen molar-refractivity contribution >= 4 is 34.3 Å². The van der Waals surface area contributed by atoms with Crippen molar-refractivity contribution in [3.8, 4) is 28.8 Å². The number of methoxy groups -OCH3 is 1. The van der Waals surface area contributed by atoms with Crippen molar-refractivity contribution in [2.75, 3.05) is 12.4 Å². The third-order valence-corrected chi connectivity index (χ3v) is 5.38. The normalized spacial score (nSPS) is 10.6. The number of anilines is 1. The third-order valence-electron chi connectivity index (χ3n) is 5.13. The summed E-state index contributed by atoms with van der Waals surface area (Å²) in [7, 11) is 1.62. The SMILES string of the molecule is CCn1c(-c2ccc(NC(=O)Oc3ccc(Cl)cc3)cc2)c(C#N)c2ccc(OC)cc21. The Labute approximate surface area is 190 Å². The number of aryl methyl sites for hydroxylation is 1. The van der Waals surface area contributed by atoms with Crippen LogP contribution in [-0.4, -0.2) is 17.8 Å². The molecule has 0 spiro atoms. The van der Waals surface area contributed by atoms with Gasteiger partial charge in [-0.1, -0.05) is 23.7 Å². The first-order valence-corrected chi connectivity index (χ1v) is 10.4. The van der Waals surface area contributed by atoms with Crippen LogP contribution in [0, 0.1) is 11.3 Å². The predicted octanol–water partition coefficient (Wildman–Crippen LogP) is 6.47. The molecule has 32 heavy (non-hydrogen) atoms. The lowest BCUT2D eigenvalue weighted by Crippen LogP contribution is -2.16. The average Bonchev–Trinajstić information content (AvgIpc) is 3.13. The highest BCUT2D eigenvalue weighted by molar-refractivity contribution is 6.30. The molecule has 0 atom stereocenters. The lowest BCUT2D eigenvalue weighted by Gasteiger charge is -2.11. The topological polar surface area (TPSA) is 76.3 Å². The highest BCUT2D eigenvalue weighted by Gasteiger charge is 2.18. The van der Waals surface area contributed by atoms with Gasteiger partial charge in [0.05, 0.1) is 23.9 Å². The van der Waals surface area contributed by atoms with E-state index in [-0.39, 0.29) is 0 Å². The number of halogens is 1. The van der Waals surface area contributed by atoms with E-state index in [1.54, 1.807) is 43.5 Å². The Balaban J connectivity index is 1.62. The Morgan fingerprint density at radius 3 is 2.38 bits per heavy atom. The van der Waals surface area contributed by atoms with Gasteiger partial charge in [-0.2, -0.15) is 5.26 Å². The number of carbonyl (C=O) groups is 1. The molecule has 1 N–H and O–H groups in total. The molecule has 4 aromatic rings. The molecule has 0 saturated heterocycles. The van der Waals surface area contributed by atoms with Crippen molar-refractivity contribution in [2.45, 2.75) is 13.5 Å². The molecule has 6 nitrogen and oxygen atoms in total. The highest BCUT2D eigenvalue weighted by atomic mass is 35.5. The zero-order chi connectivity index (χ0) is 22.7. The molecule has 0 saturated carbocycles. The van der Waals surface area contributed by atoms with E-state index in [0.29, 0.717) is 28.6 Å². The smallest absolute Gasteiger partial charge is 0.417 e. The minimum atomic E-state index is -0.604. The fourth-order valence-electron chi connectivity index (χ4n) is 3.66. The van der Waals surface area contributed by atoms with E-state index in [1.165, 1.54) is 0 Å². The van der Waals surface area contributed by atoms with Gasteiger partial charge in [-0.05, 0) is 61.0 Å². The summed E-state index contributed by atoms with van der Waals surface area (Å²) in [6.07, 6.45) is -0.604. The molecule has 1 amide bonds. The molecule has 1 aromatic heterocycles. The van der Waals surface area contributed by atoms with Crippen LogP contribution in [0.1, 0.15) is 12.5 Å². The quantitative estimate of drug-likeness (QED) is 0.381. The summed E-state index contributed by atoms with van der Waals surface area (Å²) in [5.74, 6) is 1.13. The number of hydrogen-bond acceptors (Lipinski definition) is 4. The molecule has 160 valence electrons. The standard InChI is InChI=1S/C25H20ClN3O3/c1-3-29-23-14-20(31-2)12-13-21(23)22(15-27)24(29)16-4-8-18(9-5-16)28-25(30)32-19-10-6-17(26)7-11-19/h4-14H,3H2,1-2H3,(H,28,30). The molecule has 1 heterocycles. The highest BCUT2D eigenvalue weighted by Crippen LogP contribution is 2.35. The number of aromatic nitrogens is 1.